The molecule has 0 spiro atoms. The monoisotopic (exact) mass is 466 g/mol. The molecule has 3 heterocycles. The van der Waals surface area contributed by atoms with Gasteiger partial charge >= 0.3 is 0 Å². The van der Waals surface area contributed by atoms with Gasteiger partial charge in [0.25, 0.3) is 5.91 Å². The van der Waals surface area contributed by atoms with Crippen LogP contribution in [0.3, 0.4) is 0 Å². The average molecular weight is 467 g/mol. The first kappa shape index (κ1) is 22.8. The van der Waals surface area contributed by atoms with Crippen molar-refractivity contribution in [2.75, 3.05) is 44.4 Å². The van der Waals surface area contributed by atoms with Crippen LogP contribution < -0.4 is 5.32 Å². The summed E-state index contributed by atoms with van der Waals surface area (Å²) in [6.07, 6.45) is 0.656. The van der Waals surface area contributed by atoms with Gasteiger partial charge in [-0.1, -0.05) is 12.1 Å². The standard InChI is InChI=1S/C21H27FN4O5S/c22-16-3-1-15(2-4-16)19(25-8-10-31-11-9-25)13-23-21(28)18-5-6-20(27)26(24-18)17-7-12-32(29,30)14-17/h1-4,17,19H,5-14H2,(H,23,28)/t17-,19-/m1/s1. The summed E-state index contributed by atoms with van der Waals surface area (Å²) in [6, 6.07) is 5.53. The third kappa shape index (κ3) is 5.33. The molecule has 2 saturated heterocycles. The van der Waals surface area contributed by atoms with E-state index in [1.54, 1.807) is 12.1 Å². The van der Waals surface area contributed by atoms with E-state index in [1.807, 2.05) is 0 Å². The number of rotatable bonds is 6. The second-order valence-electron chi connectivity index (χ2n) is 8.27. The van der Waals surface area contributed by atoms with E-state index >= 15 is 0 Å². The Hall–Kier alpha value is -2.37. The van der Waals surface area contributed by atoms with E-state index < -0.39 is 15.9 Å². The summed E-state index contributed by atoms with van der Waals surface area (Å²) in [5.74, 6) is -1.07. The maximum atomic E-state index is 13.4. The SMILES string of the molecule is O=C(NC[C@H](c1ccc(F)cc1)N1CCOCC1)C1=NN([C@@H]2CCS(=O)(=O)C2)C(=O)CC1. The number of benzene rings is 1. The molecule has 3 aliphatic rings. The van der Waals surface area contributed by atoms with Crippen molar-refractivity contribution >= 4 is 27.4 Å². The van der Waals surface area contributed by atoms with Crippen molar-refractivity contribution in [2.24, 2.45) is 5.10 Å². The van der Waals surface area contributed by atoms with E-state index in [0.717, 1.165) is 5.56 Å². The smallest absolute Gasteiger partial charge is 0.267 e. The predicted octanol–water partition coefficient (Wildman–Crippen LogP) is 0.481. The molecule has 0 bridgehead atoms. The molecule has 0 aliphatic carbocycles. The lowest BCUT2D eigenvalue weighted by Gasteiger charge is -2.35. The lowest BCUT2D eigenvalue weighted by Crippen LogP contribution is -2.47. The van der Waals surface area contributed by atoms with Crippen LogP contribution in [-0.4, -0.2) is 86.2 Å². The van der Waals surface area contributed by atoms with Crippen LogP contribution in [0.15, 0.2) is 29.4 Å². The van der Waals surface area contributed by atoms with Gasteiger partial charge in [0.15, 0.2) is 9.84 Å². The van der Waals surface area contributed by atoms with Crippen LogP contribution in [0.2, 0.25) is 0 Å². The predicted molar refractivity (Wildman–Crippen MR) is 115 cm³/mol. The van der Waals surface area contributed by atoms with Gasteiger partial charge in [0.1, 0.15) is 11.5 Å². The maximum Gasteiger partial charge on any atom is 0.267 e. The fraction of sp³-hybridized carbons (Fsp3) is 0.571. The highest BCUT2D eigenvalue weighted by molar-refractivity contribution is 7.91. The van der Waals surface area contributed by atoms with Crippen LogP contribution >= 0.6 is 0 Å². The van der Waals surface area contributed by atoms with E-state index in [4.69, 9.17) is 4.74 Å². The molecular weight excluding hydrogens is 439 g/mol. The number of halogens is 1. The first-order valence-corrected chi connectivity index (χ1v) is 12.6. The molecule has 1 N–H and O–H groups in total. The lowest BCUT2D eigenvalue weighted by atomic mass is 10.0. The van der Waals surface area contributed by atoms with Crippen LogP contribution in [0.4, 0.5) is 4.39 Å². The molecule has 0 unspecified atom stereocenters. The Morgan fingerprint density at radius 1 is 1.22 bits per heavy atom. The number of hydrogen-bond acceptors (Lipinski definition) is 7. The molecule has 4 rings (SSSR count). The summed E-state index contributed by atoms with van der Waals surface area (Å²) in [4.78, 5) is 27.3. The second-order valence-corrected chi connectivity index (χ2v) is 10.5. The van der Waals surface area contributed by atoms with Crippen LogP contribution in [0.1, 0.15) is 30.9 Å². The largest absolute Gasteiger partial charge is 0.379 e. The minimum absolute atomic E-state index is 0.0252. The Kier molecular flexibility index (Phi) is 6.87. The summed E-state index contributed by atoms with van der Waals surface area (Å²) in [5, 5.41) is 8.31. The number of nitrogens with one attached hydrogen (secondary N) is 1. The van der Waals surface area contributed by atoms with Crippen LogP contribution in [0.5, 0.6) is 0 Å². The molecule has 11 heteroatoms. The number of carbonyl (C=O) groups is 2. The highest BCUT2D eigenvalue weighted by Gasteiger charge is 2.37. The Morgan fingerprint density at radius 3 is 2.59 bits per heavy atom. The van der Waals surface area contributed by atoms with Crippen molar-refractivity contribution in [2.45, 2.75) is 31.3 Å². The second kappa shape index (κ2) is 9.63. The molecule has 1 aromatic rings. The zero-order chi connectivity index (χ0) is 22.7. The first-order chi connectivity index (χ1) is 15.3. The average Bonchev–Trinajstić information content (AvgIpc) is 3.15. The third-order valence-electron chi connectivity index (χ3n) is 6.07. The molecule has 2 atom stereocenters. The van der Waals surface area contributed by atoms with E-state index in [2.05, 4.69) is 15.3 Å². The fourth-order valence-corrected chi connectivity index (χ4v) is 6.00. The summed E-state index contributed by atoms with van der Waals surface area (Å²) < 4.78 is 42.4. The van der Waals surface area contributed by atoms with Crippen molar-refractivity contribution in [1.82, 2.24) is 15.2 Å². The molecule has 0 radical (unpaired) electrons. The van der Waals surface area contributed by atoms with E-state index in [0.29, 0.717) is 32.7 Å². The number of hydrogen-bond donors (Lipinski definition) is 1. The van der Waals surface area contributed by atoms with E-state index in [-0.39, 0.29) is 60.3 Å². The molecule has 32 heavy (non-hydrogen) atoms. The van der Waals surface area contributed by atoms with Gasteiger partial charge in [0, 0.05) is 32.5 Å². The Balaban J connectivity index is 1.45. The Bertz CT molecular complexity index is 992. The number of nitrogens with zero attached hydrogens (tertiary/aromatic N) is 3. The van der Waals surface area contributed by atoms with Gasteiger partial charge in [0.2, 0.25) is 5.91 Å². The molecule has 0 aromatic heterocycles. The number of hydrazone groups is 1. The summed E-state index contributed by atoms with van der Waals surface area (Å²) in [7, 11) is -3.18. The van der Waals surface area contributed by atoms with Crippen LogP contribution in [0.25, 0.3) is 0 Å². The summed E-state index contributed by atoms with van der Waals surface area (Å²) in [5.41, 5.74) is 1.10. The Labute approximate surface area is 186 Å². The van der Waals surface area contributed by atoms with Crippen molar-refractivity contribution in [3.05, 3.63) is 35.6 Å². The molecule has 1 aromatic carbocycles. The summed E-state index contributed by atoms with van der Waals surface area (Å²) >= 11 is 0. The van der Waals surface area contributed by atoms with Gasteiger partial charge in [-0.05, 0) is 24.1 Å². The minimum atomic E-state index is -3.18. The first-order valence-electron chi connectivity index (χ1n) is 10.8. The van der Waals surface area contributed by atoms with Crippen LogP contribution in [0, 0.1) is 5.82 Å². The minimum Gasteiger partial charge on any atom is -0.379 e. The zero-order valence-corrected chi connectivity index (χ0v) is 18.5. The third-order valence-corrected chi connectivity index (χ3v) is 7.82. The molecule has 9 nitrogen and oxygen atoms in total. The van der Waals surface area contributed by atoms with Crippen molar-refractivity contribution in [3.63, 3.8) is 0 Å². The fourth-order valence-electron chi connectivity index (χ4n) is 4.31. The number of sulfone groups is 1. The van der Waals surface area contributed by atoms with Gasteiger partial charge in [-0.25, -0.2) is 17.8 Å². The molecule has 2 amide bonds. The molecule has 3 aliphatic heterocycles. The van der Waals surface area contributed by atoms with Crippen molar-refractivity contribution in [3.8, 4) is 0 Å². The topological polar surface area (TPSA) is 108 Å². The van der Waals surface area contributed by atoms with E-state index in [1.165, 1.54) is 17.1 Å². The lowest BCUT2D eigenvalue weighted by molar-refractivity contribution is -0.133. The number of morpholine rings is 1. The van der Waals surface area contributed by atoms with E-state index in [9.17, 15) is 22.4 Å². The molecule has 2 fully saturated rings. The highest BCUT2D eigenvalue weighted by atomic mass is 32.2. The van der Waals surface area contributed by atoms with Gasteiger partial charge in [-0.3, -0.25) is 14.5 Å². The molecule has 174 valence electrons. The molecular formula is C21H27FN4O5S. The van der Waals surface area contributed by atoms with Crippen LogP contribution in [-0.2, 0) is 24.2 Å². The van der Waals surface area contributed by atoms with Gasteiger partial charge in [-0.2, -0.15) is 5.10 Å². The summed E-state index contributed by atoms with van der Waals surface area (Å²) in [6.45, 7) is 2.84. The normalized spacial score (nSPS) is 24.8. The Morgan fingerprint density at radius 2 is 1.94 bits per heavy atom. The number of carbonyl (C=O) groups excluding carboxylic acids is 2. The van der Waals surface area contributed by atoms with Gasteiger partial charge in [-0.15, -0.1) is 0 Å². The van der Waals surface area contributed by atoms with Crippen molar-refractivity contribution in [1.29, 1.82) is 0 Å². The number of ether oxygens (including phenoxy) is 1. The van der Waals surface area contributed by atoms with Crippen molar-refractivity contribution < 1.29 is 27.1 Å². The van der Waals surface area contributed by atoms with Gasteiger partial charge < -0.3 is 10.1 Å². The maximum absolute atomic E-state index is 13.4. The number of amides is 2. The highest BCUT2D eigenvalue weighted by Crippen LogP contribution is 2.24. The quantitative estimate of drug-likeness (QED) is 0.653. The zero-order valence-electron chi connectivity index (χ0n) is 17.7. The molecule has 0 saturated carbocycles. The van der Waals surface area contributed by atoms with Gasteiger partial charge in [0.05, 0.1) is 36.8 Å².